The molecule has 1 N–H and O–H groups in total. The number of hydrogen-bond donors (Lipinski definition) is 1. The fraction of sp³-hybridized carbons (Fsp3) is 0.526. The Kier molecular flexibility index (Phi) is 5.76. The third-order valence-corrected chi connectivity index (χ3v) is 7.02. The molecule has 0 aliphatic carbocycles. The largest absolute Gasteiger partial charge is 0.497 e. The van der Waals surface area contributed by atoms with Crippen LogP contribution in [0.25, 0.3) is 11.0 Å². The highest BCUT2D eigenvalue weighted by molar-refractivity contribution is 7.89. The van der Waals surface area contributed by atoms with Crippen LogP contribution in [0.3, 0.4) is 0 Å². The van der Waals surface area contributed by atoms with Crippen molar-refractivity contribution in [2.75, 3.05) is 26.0 Å². The summed E-state index contributed by atoms with van der Waals surface area (Å²) >= 11 is 0. The van der Waals surface area contributed by atoms with Gasteiger partial charge < -0.3 is 14.5 Å². The molecule has 0 bridgehead atoms. The Morgan fingerprint density at radius 3 is 2.67 bits per heavy atom. The minimum absolute atomic E-state index is 0.0551. The SMILES string of the molecule is CCCS(=O)(=O)N1CCC(NC(=O)c2c(C)oc3ccc(OC)cc23)CC1. The second kappa shape index (κ2) is 7.90. The standard InChI is InChI=1S/C19H26N2O5S/c1-4-11-27(23,24)21-9-7-14(8-10-21)20-19(22)18-13(2)26-17-6-5-15(25-3)12-16(17)18/h5-6,12,14H,4,7-11H2,1-3H3,(H,20,22). The highest BCUT2D eigenvalue weighted by Gasteiger charge is 2.29. The number of ether oxygens (including phenoxy) is 1. The molecule has 3 rings (SSSR count). The van der Waals surface area contributed by atoms with E-state index in [9.17, 15) is 13.2 Å². The molecule has 2 heterocycles. The third-order valence-electron chi connectivity index (χ3n) is 4.94. The normalized spacial score (nSPS) is 16.6. The Labute approximate surface area is 159 Å². The van der Waals surface area contributed by atoms with Crippen LogP contribution >= 0.6 is 0 Å². The molecular weight excluding hydrogens is 368 g/mol. The van der Waals surface area contributed by atoms with Crippen LogP contribution < -0.4 is 10.1 Å². The smallest absolute Gasteiger partial charge is 0.255 e. The second-order valence-electron chi connectivity index (χ2n) is 6.86. The van der Waals surface area contributed by atoms with E-state index in [-0.39, 0.29) is 17.7 Å². The molecule has 7 nitrogen and oxygen atoms in total. The van der Waals surface area contributed by atoms with Gasteiger partial charge in [-0.2, -0.15) is 0 Å². The summed E-state index contributed by atoms with van der Waals surface area (Å²) in [5.74, 6) is 1.19. The summed E-state index contributed by atoms with van der Waals surface area (Å²) in [4.78, 5) is 12.8. The molecule has 8 heteroatoms. The number of fused-ring (bicyclic) bond motifs is 1. The summed E-state index contributed by atoms with van der Waals surface area (Å²) in [5, 5.41) is 3.75. The van der Waals surface area contributed by atoms with Crippen LogP contribution in [0.5, 0.6) is 5.75 Å². The number of nitrogens with one attached hydrogen (secondary N) is 1. The molecule has 1 aromatic carbocycles. The van der Waals surface area contributed by atoms with Gasteiger partial charge in [0.05, 0.1) is 18.4 Å². The van der Waals surface area contributed by atoms with Crippen molar-refractivity contribution in [3.05, 3.63) is 29.5 Å². The van der Waals surface area contributed by atoms with Crippen LogP contribution in [0.1, 0.15) is 42.3 Å². The molecule has 148 valence electrons. The van der Waals surface area contributed by atoms with Crippen LogP contribution in [0.15, 0.2) is 22.6 Å². The van der Waals surface area contributed by atoms with E-state index in [0.717, 1.165) is 0 Å². The third kappa shape index (κ3) is 4.11. The quantitative estimate of drug-likeness (QED) is 0.814. The van der Waals surface area contributed by atoms with E-state index in [1.165, 1.54) is 4.31 Å². The van der Waals surface area contributed by atoms with Crippen LogP contribution in [0, 0.1) is 6.92 Å². The highest BCUT2D eigenvalue weighted by atomic mass is 32.2. The molecule has 1 aliphatic rings. The monoisotopic (exact) mass is 394 g/mol. The lowest BCUT2D eigenvalue weighted by Crippen LogP contribution is -2.47. The van der Waals surface area contributed by atoms with Gasteiger partial charge in [-0.1, -0.05) is 6.92 Å². The van der Waals surface area contributed by atoms with Crippen LogP contribution in [-0.2, 0) is 10.0 Å². The zero-order chi connectivity index (χ0) is 19.6. The van der Waals surface area contributed by atoms with Crippen molar-refractivity contribution < 1.29 is 22.4 Å². The van der Waals surface area contributed by atoms with Gasteiger partial charge in [0.2, 0.25) is 10.0 Å². The molecule has 2 aromatic rings. The van der Waals surface area contributed by atoms with Crippen molar-refractivity contribution >= 4 is 26.9 Å². The van der Waals surface area contributed by atoms with E-state index >= 15 is 0 Å². The number of furan rings is 1. The van der Waals surface area contributed by atoms with Gasteiger partial charge >= 0.3 is 0 Å². The summed E-state index contributed by atoms with van der Waals surface area (Å²) in [6.07, 6.45) is 1.81. The maximum absolute atomic E-state index is 12.8. The number of amides is 1. The van der Waals surface area contributed by atoms with Gasteiger partial charge in [0.15, 0.2) is 0 Å². The van der Waals surface area contributed by atoms with Gasteiger partial charge in [-0.05, 0) is 44.4 Å². The first-order chi connectivity index (χ1) is 12.9. The molecular formula is C19H26N2O5S. The Morgan fingerprint density at radius 1 is 1.33 bits per heavy atom. The predicted molar refractivity (Wildman–Crippen MR) is 104 cm³/mol. The van der Waals surface area contributed by atoms with E-state index in [0.29, 0.717) is 60.4 Å². The number of rotatable bonds is 6. The van der Waals surface area contributed by atoms with Crippen molar-refractivity contribution in [2.24, 2.45) is 0 Å². The zero-order valence-electron chi connectivity index (χ0n) is 15.9. The van der Waals surface area contributed by atoms with Gasteiger partial charge in [-0.3, -0.25) is 4.79 Å². The molecule has 1 saturated heterocycles. The Hall–Kier alpha value is -2.06. The number of methoxy groups -OCH3 is 1. The molecule has 1 amide bonds. The lowest BCUT2D eigenvalue weighted by molar-refractivity contribution is 0.0924. The minimum atomic E-state index is -3.18. The minimum Gasteiger partial charge on any atom is -0.497 e. The van der Waals surface area contributed by atoms with E-state index in [4.69, 9.17) is 9.15 Å². The van der Waals surface area contributed by atoms with Crippen LogP contribution in [0.4, 0.5) is 0 Å². The molecule has 27 heavy (non-hydrogen) atoms. The number of nitrogens with zero attached hydrogens (tertiary/aromatic N) is 1. The number of benzene rings is 1. The number of piperidine rings is 1. The summed E-state index contributed by atoms with van der Waals surface area (Å²) in [5.41, 5.74) is 1.14. The van der Waals surface area contributed by atoms with Crippen LogP contribution in [-0.4, -0.2) is 50.6 Å². The van der Waals surface area contributed by atoms with Gasteiger partial charge in [-0.25, -0.2) is 12.7 Å². The maximum Gasteiger partial charge on any atom is 0.255 e. The number of carbonyl (C=O) groups is 1. The molecule has 1 aliphatic heterocycles. The fourth-order valence-corrected chi connectivity index (χ4v) is 5.07. The summed E-state index contributed by atoms with van der Waals surface area (Å²) < 4.78 is 36.8. The molecule has 0 spiro atoms. The first kappa shape index (κ1) is 19.7. The number of hydrogen-bond acceptors (Lipinski definition) is 5. The van der Waals surface area contributed by atoms with E-state index in [1.54, 1.807) is 32.2 Å². The van der Waals surface area contributed by atoms with Crippen molar-refractivity contribution in [1.29, 1.82) is 0 Å². The van der Waals surface area contributed by atoms with Crippen molar-refractivity contribution in [3.63, 3.8) is 0 Å². The Bertz CT molecular complexity index is 927. The molecule has 1 fully saturated rings. The predicted octanol–water partition coefficient (Wildman–Crippen LogP) is 2.68. The molecule has 0 atom stereocenters. The van der Waals surface area contributed by atoms with E-state index in [1.807, 2.05) is 6.92 Å². The maximum atomic E-state index is 12.8. The topological polar surface area (TPSA) is 88.9 Å². The van der Waals surface area contributed by atoms with E-state index in [2.05, 4.69) is 5.32 Å². The Balaban J connectivity index is 1.70. The molecule has 0 saturated carbocycles. The second-order valence-corrected chi connectivity index (χ2v) is 8.95. The van der Waals surface area contributed by atoms with Crippen molar-refractivity contribution in [1.82, 2.24) is 9.62 Å². The van der Waals surface area contributed by atoms with Crippen LogP contribution in [0.2, 0.25) is 0 Å². The fourth-order valence-electron chi connectivity index (χ4n) is 3.53. The van der Waals surface area contributed by atoms with Gasteiger partial charge in [0, 0.05) is 24.5 Å². The lowest BCUT2D eigenvalue weighted by atomic mass is 10.0. The molecule has 0 unspecified atom stereocenters. The summed E-state index contributed by atoms with van der Waals surface area (Å²) in [7, 11) is -1.60. The van der Waals surface area contributed by atoms with Gasteiger partial charge in [0.25, 0.3) is 5.91 Å². The Morgan fingerprint density at radius 2 is 2.04 bits per heavy atom. The summed E-state index contributed by atoms with van der Waals surface area (Å²) in [6, 6.07) is 5.32. The average Bonchev–Trinajstić information content (AvgIpc) is 2.96. The summed E-state index contributed by atoms with van der Waals surface area (Å²) in [6.45, 7) is 4.50. The zero-order valence-corrected chi connectivity index (χ0v) is 16.8. The highest BCUT2D eigenvalue weighted by Crippen LogP contribution is 2.29. The lowest BCUT2D eigenvalue weighted by Gasteiger charge is -2.31. The van der Waals surface area contributed by atoms with E-state index < -0.39 is 10.0 Å². The number of aryl methyl sites for hydroxylation is 1. The van der Waals surface area contributed by atoms with Gasteiger partial charge in [-0.15, -0.1) is 0 Å². The van der Waals surface area contributed by atoms with Crippen molar-refractivity contribution in [3.8, 4) is 5.75 Å². The number of carbonyl (C=O) groups excluding carboxylic acids is 1. The first-order valence-electron chi connectivity index (χ1n) is 9.21. The molecule has 1 aromatic heterocycles. The average molecular weight is 394 g/mol. The first-order valence-corrected chi connectivity index (χ1v) is 10.8. The number of sulfonamides is 1. The van der Waals surface area contributed by atoms with Gasteiger partial charge in [0.1, 0.15) is 17.1 Å². The molecule has 0 radical (unpaired) electrons. The van der Waals surface area contributed by atoms with Crippen molar-refractivity contribution in [2.45, 2.75) is 39.2 Å².